The maximum atomic E-state index is 12.3. The molecule has 4 nitrogen and oxygen atoms in total. The molecule has 112 valence electrons. The zero-order valence-corrected chi connectivity index (χ0v) is 12.0. The van der Waals surface area contributed by atoms with Gasteiger partial charge < -0.3 is 9.64 Å². The second-order valence-corrected chi connectivity index (χ2v) is 5.40. The van der Waals surface area contributed by atoms with Gasteiger partial charge in [-0.1, -0.05) is 0 Å². The van der Waals surface area contributed by atoms with Crippen molar-refractivity contribution in [2.45, 2.75) is 33.0 Å². The standard InChI is InChI=1S/C15H17F2N3O/c1-9-5-12-13(6-10(9)2)18-8-19-14(12)20-4-3-11(7-20)21-15(16)17/h5-6,8,11,15H,3-4,7H2,1-2H3/t11-/m0/s1. The van der Waals surface area contributed by atoms with Crippen LogP contribution in [-0.2, 0) is 4.74 Å². The molecule has 2 heterocycles. The number of anilines is 1. The molecule has 1 aromatic carbocycles. The van der Waals surface area contributed by atoms with Crippen molar-refractivity contribution < 1.29 is 13.5 Å². The number of ether oxygens (including phenoxy) is 1. The van der Waals surface area contributed by atoms with Crippen LogP contribution in [0.3, 0.4) is 0 Å². The summed E-state index contributed by atoms with van der Waals surface area (Å²) in [6, 6.07) is 4.08. The number of aryl methyl sites for hydroxylation is 2. The fourth-order valence-corrected chi connectivity index (χ4v) is 2.73. The van der Waals surface area contributed by atoms with Crippen molar-refractivity contribution in [3.8, 4) is 0 Å². The lowest BCUT2D eigenvalue weighted by Crippen LogP contribution is -2.25. The van der Waals surface area contributed by atoms with Crippen LogP contribution in [0.2, 0.25) is 0 Å². The van der Waals surface area contributed by atoms with E-state index in [9.17, 15) is 8.78 Å². The van der Waals surface area contributed by atoms with E-state index in [1.54, 1.807) is 0 Å². The van der Waals surface area contributed by atoms with Gasteiger partial charge in [0.25, 0.3) is 0 Å². The van der Waals surface area contributed by atoms with Gasteiger partial charge in [0.1, 0.15) is 12.1 Å². The molecule has 0 spiro atoms. The van der Waals surface area contributed by atoms with Crippen LogP contribution in [0.15, 0.2) is 18.5 Å². The molecule has 0 bridgehead atoms. The van der Waals surface area contributed by atoms with Gasteiger partial charge in [0.15, 0.2) is 0 Å². The van der Waals surface area contributed by atoms with Gasteiger partial charge in [0, 0.05) is 18.5 Å². The van der Waals surface area contributed by atoms with Gasteiger partial charge in [-0.2, -0.15) is 8.78 Å². The summed E-state index contributed by atoms with van der Waals surface area (Å²) < 4.78 is 29.2. The molecule has 0 aliphatic carbocycles. The second kappa shape index (κ2) is 5.52. The summed E-state index contributed by atoms with van der Waals surface area (Å²) in [6.45, 7) is 2.46. The Bertz CT molecular complexity index is 663. The molecule has 0 unspecified atom stereocenters. The number of aromatic nitrogens is 2. The number of nitrogens with zero attached hydrogens (tertiary/aromatic N) is 3. The fourth-order valence-electron chi connectivity index (χ4n) is 2.73. The maximum absolute atomic E-state index is 12.3. The lowest BCUT2D eigenvalue weighted by molar-refractivity contribution is -0.156. The van der Waals surface area contributed by atoms with Crippen molar-refractivity contribution in [2.75, 3.05) is 18.0 Å². The molecule has 2 aromatic rings. The zero-order chi connectivity index (χ0) is 15.0. The third-order valence-corrected chi connectivity index (χ3v) is 3.97. The van der Waals surface area contributed by atoms with Crippen LogP contribution < -0.4 is 4.90 Å². The van der Waals surface area contributed by atoms with Crippen LogP contribution in [0.4, 0.5) is 14.6 Å². The first kappa shape index (κ1) is 14.1. The van der Waals surface area contributed by atoms with E-state index in [-0.39, 0.29) is 0 Å². The zero-order valence-electron chi connectivity index (χ0n) is 12.0. The minimum absolute atomic E-state index is 0.434. The highest BCUT2D eigenvalue weighted by Crippen LogP contribution is 2.29. The Labute approximate surface area is 121 Å². The smallest absolute Gasteiger partial charge is 0.345 e. The molecule has 0 amide bonds. The molecule has 0 saturated carbocycles. The molecule has 1 atom stereocenters. The van der Waals surface area contributed by atoms with Crippen LogP contribution in [0.1, 0.15) is 17.5 Å². The SMILES string of the molecule is Cc1cc2ncnc(N3CC[C@H](OC(F)F)C3)c2cc1C. The van der Waals surface area contributed by atoms with Crippen LogP contribution in [-0.4, -0.2) is 35.8 Å². The van der Waals surface area contributed by atoms with Crippen LogP contribution >= 0.6 is 0 Å². The average molecular weight is 293 g/mol. The number of rotatable bonds is 3. The van der Waals surface area contributed by atoms with E-state index in [0.29, 0.717) is 19.5 Å². The minimum atomic E-state index is -2.72. The fraction of sp³-hybridized carbons (Fsp3) is 0.467. The van der Waals surface area contributed by atoms with E-state index in [1.165, 1.54) is 11.9 Å². The maximum Gasteiger partial charge on any atom is 0.345 e. The van der Waals surface area contributed by atoms with Crippen LogP contribution in [0, 0.1) is 13.8 Å². The molecule has 0 radical (unpaired) electrons. The third kappa shape index (κ3) is 2.81. The molecule has 0 N–H and O–H groups in total. The summed E-state index contributed by atoms with van der Waals surface area (Å²) in [5.74, 6) is 0.795. The van der Waals surface area contributed by atoms with E-state index in [0.717, 1.165) is 22.3 Å². The van der Waals surface area contributed by atoms with E-state index in [2.05, 4.69) is 20.8 Å². The molecule has 1 fully saturated rings. The monoisotopic (exact) mass is 293 g/mol. The average Bonchev–Trinajstić information content (AvgIpc) is 2.87. The Morgan fingerprint density at radius 1 is 1.24 bits per heavy atom. The molecule has 1 saturated heterocycles. The molecule has 1 aliphatic rings. The van der Waals surface area contributed by atoms with E-state index in [1.807, 2.05) is 24.8 Å². The summed E-state index contributed by atoms with van der Waals surface area (Å²) in [6.07, 6.45) is 1.66. The van der Waals surface area contributed by atoms with Gasteiger partial charge in [0.2, 0.25) is 0 Å². The van der Waals surface area contributed by atoms with Gasteiger partial charge in [-0.05, 0) is 43.5 Å². The van der Waals surface area contributed by atoms with Crippen molar-refractivity contribution in [3.05, 3.63) is 29.6 Å². The Hall–Kier alpha value is -1.82. The predicted molar refractivity (Wildman–Crippen MR) is 76.7 cm³/mol. The number of alkyl halides is 2. The number of halogens is 2. The Morgan fingerprint density at radius 2 is 2.00 bits per heavy atom. The molecular formula is C15H17F2N3O. The van der Waals surface area contributed by atoms with Crippen molar-refractivity contribution in [1.82, 2.24) is 9.97 Å². The first-order valence-electron chi connectivity index (χ1n) is 6.95. The Kier molecular flexibility index (Phi) is 3.71. The largest absolute Gasteiger partial charge is 0.353 e. The van der Waals surface area contributed by atoms with Crippen molar-refractivity contribution in [3.63, 3.8) is 0 Å². The summed E-state index contributed by atoms with van der Waals surface area (Å²) >= 11 is 0. The van der Waals surface area contributed by atoms with Crippen molar-refractivity contribution in [2.24, 2.45) is 0 Å². The Balaban J connectivity index is 1.92. The quantitative estimate of drug-likeness (QED) is 0.871. The molecular weight excluding hydrogens is 276 g/mol. The molecule has 21 heavy (non-hydrogen) atoms. The Morgan fingerprint density at radius 3 is 2.76 bits per heavy atom. The normalized spacial score (nSPS) is 18.9. The van der Waals surface area contributed by atoms with E-state index >= 15 is 0 Å². The number of fused-ring (bicyclic) bond motifs is 1. The predicted octanol–water partition coefficient (Wildman–Crippen LogP) is 3.06. The summed E-state index contributed by atoms with van der Waals surface area (Å²) in [4.78, 5) is 10.6. The van der Waals surface area contributed by atoms with Crippen LogP contribution in [0.5, 0.6) is 0 Å². The summed E-state index contributed by atoms with van der Waals surface area (Å²) in [5.41, 5.74) is 3.21. The number of hydrogen-bond acceptors (Lipinski definition) is 4. The molecule has 1 aliphatic heterocycles. The highest BCUT2D eigenvalue weighted by molar-refractivity contribution is 5.90. The first-order chi connectivity index (χ1) is 10.0. The molecule has 3 rings (SSSR count). The molecule has 1 aromatic heterocycles. The number of benzene rings is 1. The minimum Gasteiger partial charge on any atom is -0.353 e. The third-order valence-electron chi connectivity index (χ3n) is 3.97. The molecule has 6 heteroatoms. The first-order valence-corrected chi connectivity index (χ1v) is 6.95. The summed E-state index contributed by atoms with van der Waals surface area (Å²) in [5, 5.41) is 0.957. The van der Waals surface area contributed by atoms with Crippen LogP contribution in [0.25, 0.3) is 10.9 Å². The van der Waals surface area contributed by atoms with Crippen molar-refractivity contribution >= 4 is 16.7 Å². The van der Waals surface area contributed by atoms with Gasteiger partial charge in [-0.25, -0.2) is 9.97 Å². The van der Waals surface area contributed by atoms with Crippen molar-refractivity contribution in [1.29, 1.82) is 0 Å². The van der Waals surface area contributed by atoms with Gasteiger partial charge in [0.05, 0.1) is 11.6 Å². The highest BCUT2D eigenvalue weighted by Gasteiger charge is 2.27. The van der Waals surface area contributed by atoms with Gasteiger partial charge in [-0.15, -0.1) is 0 Å². The topological polar surface area (TPSA) is 38.2 Å². The van der Waals surface area contributed by atoms with E-state index in [4.69, 9.17) is 0 Å². The lowest BCUT2D eigenvalue weighted by atomic mass is 10.1. The van der Waals surface area contributed by atoms with E-state index < -0.39 is 12.7 Å². The second-order valence-electron chi connectivity index (χ2n) is 5.40. The lowest BCUT2D eigenvalue weighted by Gasteiger charge is -2.19. The van der Waals surface area contributed by atoms with Gasteiger partial charge in [-0.3, -0.25) is 0 Å². The highest BCUT2D eigenvalue weighted by atomic mass is 19.3. The number of hydrogen-bond donors (Lipinski definition) is 0. The van der Waals surface area contributed by atoms with Gasteiger partial charge >= 0.3 is 6.61 Å². The summed E-state index contributed by atoms with van der Waals surface area (Å²) in [7, 11) is 0.